The fourth-order valence-electron chi connectivity index (χ4n) is 2.59. The number of nitrogens with zero attached hydrogens (tertiary/aromatic N) is 1. The molecule has 0 aromatic heterocycles. The maximum absolute atomic E-state index is 11.6. The summed E-state index contributed by atoms with van der Waals surface area (Å²) in [5.41, 5.74) is 0. The number of hydrogen-bond donors (Lipinski definition) is 0. The summed E-state index contributed by atoms with van der Waals surface area (Å²) in [6.07, 6.45) is -5.39. The summed E-state index contributed by atoms with van der Waals surface area (Å²) in [5, 5.41) is 2.16. The Hall–Kier alpha value is -2.36. The van der Waals surface area contributed by atoms with E-state index in [2.05, 4.69) is 22.4 Å². The second-order valence-electron chi connectivity index (χ2n) is 5.67. The van der Waals surface area contributed by atoms with Crippen molar-refractivity contribution in [3.05, 3.63) is 0 Å². The van der Waals surface area contributed by atoms with Gasteiger partial charge < -0.3 is 23.7 Å². The third kappa shape index (κ3) is 7.41. The summed E-state index contributed by atoms with van der Waals surface area (Å²) in [7, 11) is 0. The van der Waals surface area contributed by atoms with Gasteiger partial charge in [0.25, 0.3) is 0 Å². The monoisotopic (exact) mass is 403 g/mol. The lowest BCUT2D eigenvalue weighted by atomic mass is 9.94. The van der Waals surface area contributed by atoms with Crippen molar-refractivity contribution in [2.45, 2.75) is 58.2 Å². The van der Waals surface area contributed by atoms with E-state index in [0.717, 1.165) is 20.8 Å². The van der Waals surface area contributed by atoms with Crippen molar-refractivity contribution in [1.29, 1.82) is 0 Å². The third-order valence-electron chi connectivity index (χ3n) is 3.42. The zero-order valence-electron chi connectivity index (χ0n) is 15.3. The molecule has 0 saturated carbocycles. The summed E-state index contributed by atoms with van der Waals surface area (Å²) >= 11 is 4.54. The van der Waals surface area contributed by atoms with Gasteiger partial charge in [0.15, 0.2) is 18.3 Å². The van der Waals surface area contributed by atoms with Crippen LogP contribution in [0.1, 0.15) is 27.7 Å². The molecule has 0 aromatic rings. The SMILES string of the molecule is CC(=O)OC[C@H]1O[C@@H](CN=C=S)[C@@H](OC(C)=O)[C@@H](OC(C)=O)[C@@H]1OC(C)=O. The number of isothiocyanates is 1. The number of ether oxygens (including phenoxy) is 5. The van der Waals surface area contributed by atoms with Crippen LogP contribution in [0.15, 0.2) is 4.99 Å². The molecule has 27 heavy (non-hydrogen) atoms. The molecular formula is C16H21NO9S. The lowest BCUT2D eigenvalue weighted by Crippen LogP contribution is -2.63. The standard InChI is InChI=1S/C16H21NO9S/c1-8(18)22-6-13-15(24-10(3)20)16(25-11(4)21)14(23-9(2)19)12(26-13)5-17-7-27/h12-16H,5-6H2,1-4H3/t12-,13+,14+,15+,16+/m0/s1. The summed E-state index contributed by atoms with van der Waals surface area (Å²) in [6.45, 7) is 4.31. The second-order valence-corrected chi connectivity index (χ2v) is 5.85. The van der Waals surface area contributed by atoms with Crippen molar-refractivity contribution in [1.82, 2.24) is 0 Å². The minimum absolute atomic E-state index is 0.0669. The van der Waals surface area contributed by atoms with E-state index in [-0.39, 0.29) is 13.2 Å². The number of esters is 4. The van der Waals surface area contributed by atoms with Crippen LogP contribution in [0.3, 0.4) is 0 Å². The van der Waals surface area contributed by atoms with Crippen molar-refractivity contribution in [2.75, 3.05) is 13.2 Å². The molecule has 0 spiro atoms. The zero-order valence-corrected chi connectivity index (χ0v) is 16.1. The van der Waals surface area contributed by atoms with Crippen LogP contribution in [0.5, 0.6) is 0 Å². The Bertz CT molecular complexity index is 631. The van der Waals surface area contributed by atoms with E-state index in [4.69, 9.17) is 23.7 Å². The van der Waals surface area contributed by atoms with E-state index in [0.29, 0.717) is 0 Å². The minimum Gasteiger partial charge on any atom is -0.463 e. The smallest absolute Gasteiger partial charge is 0.303 e. The van der Waals surface area contributed by atoms with Crippen molar-refractivity contribution < 1.29 is 42.9 Å². The lowest BCUT2D eigenvalue weighted by Gasteiger charge is -2.44. The Labute approximate surface area is 161 Å². The van der Waals surface area contributed by atoms with Gasteiger partial charge >= 0.3 is 23.9 Å². The summed E-state index contributed by atoms with van der Waals surface area (Å²) in [4.78, 5) is 49.6. The molecule has 150 valence electrons. The van der Waals surface area contributed by atoms with Crippen LogP contribution in [0.4, 0.5) is 0 Å². The number of rotatable bonds is 7. The van der Waals surface area contributed by atoms with E-state index >= 15 is 0 Å². The summed E-state index contributed by atoms with van der Waals surface area (Å²) < 4.78 is 26.4. The van der Waals surface area contributed by atoms with Crippen LogP contribution >= 0.6 is 12.2 Å². The Morgan fingerprint density at radius 2 is 1.33 bits per heavy atom. The number of aliphatic imine (C=N–C) groups is 1. The van der Waals surface area contributed by atoms with Gasteiger partial charge in [-0.2, -0.15) is 0 Å². The van der Waals surface area contributed by atoms with E-state index in [1.165, 1.54) is 6.92 Å². The molecule has 1 saturated heterocycles. The van der Waals surface area contributed by atoms with Crippen LogP contribution in [-0.2, 0) is 42.9 Å². The third-order valence-corrected chi connectivity index (χ3v) is 3.55. The molecule has 0 aliphatic carbocycles. The van der Waals surface area contributed by atoms with Gasteiger partial charge in [0.05, 0.1) is 11.7 Å². The average Bonchev–Trinajstić information content (AvgIpc) is 2.54. The molecule has 11 heteroatoms. The Balaban J connectivity index is 3.28. The number of carbonyl (C=O) groups excluding carboxylic acids is 4. The molecule has 1 fully saturated rings. The normalized spacial score (nSPS) is 26.9. The molecular weight excluding hydrogens is 382 g/mol. The predicted octanol–water partition coefficient (Wildman–Crippen LogP) is 0.215. The molecule has 1 heterocycles. The largest absolute Gasteiger partial charge is 0.463 e. The first-order valence-electron chi connectivity index (χ1n) is 7.99. The molecule has 5 atom stereocenters. The van der Waals surface area contributed by atoms with Gasteiger partial charge in [-0.3, -0.25) is 19.2 Å². The minimum atomic E-state index is -1.20. The quantitative estimate of drug-likeness (QED) is 0.252. The molecule has 0 unspecified atom stereocenters. The Morgan fingerprint density at radius 3 is 1.78 bits per heavy atom. The van der Waals surface area contributed by atoms with Crippen LogP contribution < -0.4 is 0 Å². The molecule has 0 N–H and O–H groups in total. The first kappa shape index (κ1) is 22.7. The molecule has 1 aliphatic rings. The van der Waals surface area contributed by atoms with Crippen LogP contribution in [-0.4, -0.2) is 72.7 Å². The summed E-state index contributed by atoms with van der Waals surface area (Å²) in [5.74, 6) is -2.64. The van der Waals surface area contributed by atoms with E-state index in [1.54, 1.807) is 0 Å². The number of hydrogen-bond acceptors (Lipinski definition) is 11. The van der Waals surface area contributed by atoms with Crippen molar-refractivity contribution in [2.24, 2.45) is 4.99 Å². The van der Waals surface area contributed by atoms with Crippen LogP contribution in [0, 0.1) is 0 Å². The first-order valence-corrected chi connectivity index (χ1v) is 8.40. The Morgan fingerprint density at radius 1 is 0.852 bits per heavy atom. The van der Waals surface area contributed by atoms with Crippen molar-refractivity contribution in [3.63, 3.8) is 0 Å². The Kier molecular flexibility index (Phi) is 8.99. The fraction of sp³-hybridized carbons (Fsp3) is 0.688. The van der Waals surface area contributed by atoms with Gasteiger partial charge in [0, 0.05) is 27.7 Å². The fourth-order valence-corrected chi connectivity index (χ4v) is 2.67. The van der Waals surface area contributed by atoms with Gasteiger partial charge in [-0.15, -0.1) is 0 Å². The second kappa shape index (κ2) is 10.7. The predicted molar refractivity (Wildman–Crippen MR) is 91.8 cm³/mol. The van der Waals surface area contributed by atoms with Gasteiger partial charge in [-0.1, -0.05) is 0 Å². The maximum Gasteiger partial charge on any atom is 0.303 e. The molecule has 0 aromatic carbocycles. The van der Waals surface area contributed by atoms with Crippen molar-refractivity contribution >= 4 is 41.3 Å². The number of thiocarbonyl (C=S) groups is 1. The average molecular weight is 403 g/mol. The van der Waals surface area contributed by atoms with Crippen LogP contribution in [0.2, 0.25) is 0 Å². The first-order chi connectivity index (χ1) is 12.6. The molecule has 0 amide bonds. The van der Waals surface area contributed by atoms with E-state index in [1.807, 2.05) is 0 Å². The molecule has 0 bridgehead atoms. The van der Waals surface area contributed by atoms with E-state index in [9.17, 15) is 19.2 Å². The van der Waals surface area contributed by atoms with Gasteiger partial charge in [0.2, 0.25) is 0 Å². The van der Waals surface area contributed by atoms with E-state index < -0.39 is 54.4 Å². The highest BCUT2D eigenvalue weighted by atomic mass is 32.1. The van der Waals surface area contributed by atoms with Gasteiger partial charge in [-0.05, 0) is 12.2 Å². The molecule has 10 nitrogen and oxygen atoms in total. The molecule has 0 radical (unpaired) electrons. The topological polar surface area (TPSA) is 127 Å². The molecule has 1 rings (SSSR count). The van der Waals surface area contributed by atoms with Crippen molar-refractivity contribution in [3.8, 4) is 0 Å². The van der Waals surface area contributed by atoms with Gasteiger partial charge in [-0.25, -0.2) is 4.99 Å². The van der Waals surface area contributed by atoms with Crippen LogP contribution in [0.25, 0.3) is 0 Å². The number of carbonyl (C=O) groups is 4. The highest BCUT2D eigenvalue weighted by Crippen LogP contribution is 2.29. The summed E-state index contributed by atoms with van der Waals surface area (Å²) in [6, 6.07) is 0. The maximum atomic E-state index is 11.6. The highest BCUT2D eigenvalue weighted by Gasteiger charge is 2.51. The van der Waals surface area contributed by atoms with Gasteiger partial charge in [0.1, 0.15) is 18.8 Å². The lowest BCUT2D eigenvalue weighted by molar-refractivity contribution is -0.250. The highest BCUT2D eigenvalue weighted by molar-refractivity contribution is 7.78. The zero-order chi connectivity index (χ0) is 20.6. The molecule has 1 aliphatic heterocycles.